The molecule has 3 rings (SSSR count). The first-order valence-corrected chi connectivity index (χ1v) is 6.96. The molecule has 1 aromatic carbocycles. The van der Waals surface area contributed by atoms with Crippen LogP contribution in [0, 0.1) is 6.92 Å². The van der Waals surface area contributed by atoms with E-state index in [1.807, 2.05) is 36.6 Å². The van der Waals surface area contributed by atoms with Crippen LogP contribution < -0.4 is 0 Å². The molecule has 0 unspecified atom stereocenters. The molecule has 18 heavy (non-hydrogen) atoms. The van der Waals surface area contributed by atoms with Gasteiger partial charge in [0.1, 0.15) is 5.15 Å². The number of aromatic nitrogens is 2. The van der Waals surface area contributed by atoms with Gasteiger partial charge in [0.2, 0.25) is 0 Å². The van der Waals surface area contributed by atoms with Crippen LogP contribution in [-0.2, 0) is 0 Å². The fraction of sp³-hybridized carbons (Fsp3) is 0.0769. The molecule has 90 valence electrons. The van der Waals surface area contributed by atoms with Gasteiger partial charge in [0, 0.05) is 5.39 Å². The second kappa shape index (κ2) is 4.50. The lowest BCUT2D eigenvalue weighted by Crippen LogP contribution is -1.91. The minimum Gasteiger partial charge on any atom is -0.227 e. The summed E-state index contributed by atoms with van der Waals surface area (Å²) in [7, 11) is 0. The quantitative estimate of drug-likeness (QED) is 0.592. The second-order valence-corrected chi connectivity index (χ2v) is 5.64. The summed E-state index contributed by atoms with van der Waals surface area (Å²) >= 11 is 13.8. The maximum absolute atomic E-state index is 6.21. The van der Waals surface area contributed by atoms with E-state index in [-0.39, 0.29) is 0 Å². The highest BCUT2D eigenvalue weighted by molar-refractivity contribution is 7.14. The van der Waals surface area contributed by atoms with Gasteiger partial charge >= 0.3 is 0 Å². The SMILES string of the molecule is Cc1ccc2nc(-c3sccc3Cl)nc(Cl)c2c1. The normalized spacial score (nSPS) is 11.1. The molecule has 0 atom stereocenters. The lowest BCUT2D eigenvalue weighted by molar-refractivity contribution is 1.24. The largest absolute Gasteiger partial charge is 0.227 e. The Morgan fingerprint density at radius 2 is 1.94 bits per heavy atom. The van der Waals surface area contributed by atoms with Crippen LogP contribution in [0.15, 0.2) is 29.6 Å². The summed E-state index contributed by atoms with van der Waals surface area (Å²) in [5, 5.41) is 3.90. The molecular weight excluding hydrogens is 287 g/mol. The van der Waals surface area contributed by atoms with E-state index >= 15 is 0 Å². The molecule has 0 saturated carbocycles. The second-order valence-electron chi connectivity index (χ2n) is 3.96. The van der Waals surface area contributed by atoms with E-state index in [1.54, 1.807) is 0 Å². The van der Waals surface area contributed by atoms with E-state index in [0.29, 0.717) is 16.0 Å². The molecule has 0 aliphatic carbocycles. The Morgan fingerprint density at radius 1 is 1.11 bits per heavy atom. The molecule has 0 radical (unpaired) electrons. The van der Waals surface area contributed by atoms with Crippen molar-refractivity contribution in [2.45, 2.75) is 6.92 Å². The van der Waals surface area contributed by atoms with E-state index in [1.165, 1.54) is 11.3 Å². The highest BCUT2D eigenvalue weighted by Gasteiger charge is 2.11. The summed E-state index contributed by atoms with van der Waals surface area (Å²) in [5.41, 5.74) is 1.97. The van der Waals surface area contributed by atoms with Gasteiger partial charge in [0.05, 0.1) is 15.4 Å². The minimum absolute atomic E-state index is 0.461. The Hall–Kier alpha value is -1.16. The van der Waals surface area contributed by atoms with Crippen LogP contribution in [0.5, 0.6) is 0 Å². The summed E-state index contributed by atoms with van der Waals surface area (Å²) < 4.78 is 0. The average Bonchev–Trinajstić information content (AvgIpc) is 2.76. The van der Waals surface area contributed by atoms with Crippen molar-refractivity contribution in [1.29, 1.82) is 0 Å². The molecule has 0 aliphatic rings. The maximum Gasteiger partial charge on any atom is 0.173 e. The van der Waals surface area contributed by atoms with E-state index in [2.05, 4.69) is 9.97 Å². The third-order valence-corrected chi connectivity index (χ3v) is 4.25. The number of fused-ring (bicyclic) bond motifs is 1. The predicted molar refractivity (Wildman–Crippen MR) is 77.6 cm³/mol. The summed E-state index contributed by atoms with van der Waals surface area (Å²) in [4.78, 5) is 9.69. The molecule has 0 aliphatic heterocycles. The molecule has 0 N–H and O–H groups in total. The van der Waals surface area contributed by atoms with Crippen molar-refractivity contribution in [3.8, 4) is 10.7 Å². The Balaban J connectivity index is 2.28. The number of nitrogens with zero attached hydrogens (tertiary/aromatic N) is 2. The molecule has 2 aromatic heterocycles. The summed E-state index contributed by atoms with van der Waals surface area (Å²) in [5.74, 6) is 0.580. The van der Waals surface area contributed by atoms with Gasteiger partial charge < -0.3 is 0 Å². The third-order valence-electron chi connectivity index (χ3n) is 2.62. The van der Waals surface area contributed by atoms with Crippen LogP contribution in [0.25, 0.3) is 21.6 Å². The predicted octanol–water partition coefficient (Wildman–Crippen LogP) is 4.97. The molecule has 0 saturated heterocycles. The van der Waals surface area contributed by atoms with E-state index in [0.717, 1.165) is 21.3 Å². The topological polar surface area (TPSA) is 25.8 Å². The molecule has 5 heteroatoms. The first-order valence-electron chi connectivity index (χ1n) is 5.32. The van der Waals surface area contributed by atoms with Crippen LogP contribution in [0.2, 0.25) is 10.2 Å². The zero-order valence-corrected chi connectivity index (χ0v) is 11.8. The Labute approximate surface area is 118 Å². The van der Waals surface area contributed by atoms with E-state index in [9.17, 15) is 0 Å². The first kappa shape index (κ1) is 11.9. The Morgan fingerprint density at radius 3 is 2.67 bits per heavy atom. The van der Waals surface area contributed by atoms with Gasteiger partial charge in [-0.15, -0.1) is 11.3 Å². The Kier molecular flexibility index (Phi) is 2.98. The average molecular weight is 295 g/mol. The fourth-order valence-electron chi connectivity index (χ4n) is 1.76. The fourth-order valence-corrected chi connectivity index (χ4v) is 3.06. The third kappa shape index (κ3) is 1.99. The van der Waals surface area contributed by atoms with Gasteiger partial charge in [-0.2, -0.15) is 0 Å². The van der Waals surface area contributed by atoms with Gasteiger partial charge in [0.25, 0.3) is 0 Å². The molecular formula is C13H8Cl2N2S. The van der Waals surface area contributed by atoms with Gasteiger partial charge in [-0.1, -0.05) is 34.8 Å². The van der Waals surface area contributed by atoms with Crippen molar-refractivity contribution in [2.75, 3.05) is 0 Å². The molecule has 0 fully saturated rings. The van der Waals surface area contributed by atoms with Gasteiger partial charge in [-0.3, -0.25) is 0 Å². The van der Waals surface area contributed by atoms with Crippen molar-refractivity contribution >= 4 is 45.4 Å². The first-order chi connectivity index (χ1) is 8.65. The van der Waals surface area contributed by atoms with Crippen LogP contribution in [-0.4, -0.2) is 9.97 Å². The highest BCUT2D eigenvalue weighted by Crippen LogP contribution is 2.33. The van der Waals surface area contributed by atoms with Crippen molar-refractivity contribution in [3.05, 3.63) is 45.4 Å². The number of thiophene rings is 1. The Bertz CT molecular complexity index is 737. The minimum atomic E-state index is 0.461. The zero-order chi connectivity index (χ0) is 12.7. The molecule has 0 bridgehead atoms. The smallest absolute Gasteiger partial charge is 0.173 e. The van der Waals surface area contributed by atoms with Crippen molar-refractivity contribution in [2.24, 2.45) is 0 Å². The lowest BCUT2D eigenvalue weighted by Gasteiger charge is -2.04. The number of rotatable bonds is 1. The summed E-state index contributed by atoms with van der Waals surface area (Å²) in [6, 6.07) is 7.77. The summed E-state index contributed by atoms with van der Waals surface area (Å²) in [6.45, 7) is 2.01. The number of aryl methyl sites for hydroxylation is 1. The molecule has 0 amide bonds. The van der Waals surface area contributed by atoms with Crippen LogP contribution in [0.3, 0.4) is 0 Å². The standard InChI is InChI=1S/C13H8Cl2N2S/c1-7-2-3-10-8(6-7)12(15)17-13(16-10)11-9(14)4-5-18-11/h2-6H,1H3. The van der Waals surface area contributed by atoms with E-state index in [4.69, 9.17) is 23.2 Å². The van der Waals surface area contributed by atoms with Gasteiger partial charge in [-0.25, -0.2) is 9.97 Å². The number of hydrogen-bond acceptors (Lipinski definition) is 3. The number of hydrogen-bond donors (Lipinski definition) is 0. The summed E-state index contributed by atoms with van der Waals surface area (Å²) in [6.07, 6.45) is 0. The van der Waals surface area contributed by atoms with Crippen LogP contribution in [0.4, 0.5) is 0 Å². The van der Waals surface area contributed by atoms with Crippen molar-refractivity contribution in [3.63, 3.8) is 0 Å². The number of halogens is 2. The van der Waals surface area contributed by atoms with Gasteiger partial charge in [0.15, 0.2) is 5.82 Å². The van der Waals surface area contributed by atoms with Crippen LogP contribution in [0.1, 0.15) is 5.56 Å². The molecule has 3 aromatic rings. The van der Waals surface area contributed by atoms with Crippen molar-refractivity contribution in [1.82, 2.24) is 9.97 Å². The van der Waals surface area contributed by atoms with E-state index < -0.39 is 0 Å². The lowest BCUT2D eigenvalue weighted by atomic mass is 10.2. The molecule has 2 heterocycles. The number of benzene rings is 1. The molecule has 2 nitrogen and oxygen atoms in total. The highest BCUT2D eigenvalue weighted by atomic mass is 35.5. The zero-order valence-electron chi connectivity index (χ0n) is 9.45. The van der Waals surface area contributed by atoms with Gasteiger partial charge in [-0.05, 0) is 30.5 Å². The van der Waals surface area contributed by atoms with Crippen LogP contribution >= 0.6 is 34.5 Å². The maximum atomic E-state index is 6.21. The molecule has 0 spiro atoms. The monoisotopic (exact) mass is 294 g/mol. The van der Waals surface area contributed by atoms with Crippen molar-refractivity contribution < 1.29 is 0 Å².